The Morgan fingerprint density at radius 3 is 2.32 bits per heavy atom. The van der Waals surface area contributed by atoms with Gasteiger partial charge in [-0.25, -0.2) is 13.9 Å². The molecule has 1 aliphatic heterocycles. The third-order valence-electron chi connectivity index (χ3n) is 4.61. The number of carbonyl (C=O) groups is 1. The third kappa shape index (κ3) is 4.66. The van der Waals surface area contributed by atoms with Gasteiger partial charge in [-0.2, -0.15) is 0 Å². The number of carbonyl (C=O) groups excluding carboxylic acids is 1. The van der Waals surface area contributed by atoms with Gasteiger partial charge in [0.15, 0.2) is 9.84 Å². The highest BCUT2D eigenvalue weighted by atomic mass is 32.2. The van der Waals surface area contributed by atoms with Crippen LogP contribution in [-0.2, 0) is 14.6 Å². The quantitative estimate of drug-likeness (QED) is 0.386. The molecule has 0 saturated carbocycles. The van der Waals surface area contributed by atoms with Gasteiger partial charge in [0.1, 0.15) is 5.37 Å². The molecule has 2 aromatic rings. The van der Waals surface area contributed by atoms with Crippen molar-refractivity contribution in [1.29, 1.82) is 0 Å². The smallest absolute Gasteiger partial charge is 0.267 e. The fraction of sp³-hybridized carbons (Fsp3) is 0.250. The van der Waals surface area contributed by atoms with Gasteiger partial charge in [-0.15, -0.1) is 0 Å². The SMILES string of the molecule is O=C(/C=C/c1ccc(C(N2CCNCC2)S(=O)(=O)c2ccccc2)cc1)NO. The van der Waals surface area contributed by atoms with E-state index in [1.807, 2.05) is 4.90 Å². The summed E-state index contributed by atoms with van der Waals surface area (Å²) in [5.41, 5.74) is 2.93. The molecule has 1 saturated heterocycles. The minimum Gasteiger partial charge on any atom is -0.314 e. The molecule has 1 fully saturated rings. The molecule has 8 heteroatoms. The molecule has 1 amide bonds. The number of hydrogen-bond acceptors (Lipinski definition) is 6. The molecule has 1 atom stereocenters. The van der Waals surface area contributed by atoms with E-state index >= 15 is 0 Å². The maximum atomic E-state index is 13.4. The summed E-state index contributed by atoms with van der Waals surface area (Å²) < 4.78 is 26.8. The number of hydroxylamine groups is 1. The topological polar surface area (TPSA) is 98.7 Å². The van der Waals surface area contributed by atoms with Crippen LogP contribution in [0.1, 0.15) is 16.5 Å². The van der Waals surface area contributed by atoms with Crippen molar-refractivity contribution in [3.8, 4) is 0 Å². The Bertz CT molecular complexity index is 922. The van der Waals surface area contributed by atoms with Gasteiger partial charge in [0.05, 0.1) is 4.90 Å². The second-order valence-electron chi connectivity index (χ2n) is 6.47. The summed E-state index contributed by atoms with van der Waals surface area (Å²) in [5, 5.41) is 11.0. The molecule has 1 unspecified atom stereocenters. The summed E-state index contributed by atoms with van der Waals surface area (Å²) in [4.78, 5) is 13.4. The Labute approximate surface area is 164 Å². The number of nitrogens with zero attached hydrogens (tertiary/aromatic N) is 1. The van der Waals surface area contributed by atoms with Crippen LogP contribution in [0.2, 0.25) is 0 Å². The van der Waals surface area contributed by atoms with Crippen LogP contribution in [0.5, 0.6) is 0 Å². The lowest BCUT2D eigenvalue weighted by atomic mass is 10.1. The van der Waals surface area contributed by atoms with E-state index in [1.165, 1.54) is 11.6 Å². The predicted octanol–water partition coefficient (Wildman–Crippen LogP) is 1.58. The van der Waals surface area contributed by atoms with Gasteiger partial charge < -0.3 is 5.32 Å². The lowest BCUT2D eigenvalue weighted by Gasteiger charge is -2.34. The Kier molecular flexibility index (Phi) is 6.58. The summed E-state index contributed by atoms with van der Waals surface area (Å²) >= 11 is 0. The number of piperazine rings is 1. The standard InChI is InChI=1S/C20H23N3O4S/c24-19(22-25)11-8-16-6-9-17(10-7-16)20(23-14-12-21-13-15-23)28(26,27)18-4-2-1-3-5-18/h1-11,20-21,25H,12-15H2,(H,22,24)/b11-8+. The Hall–Kier alpha value is -2.52. The summed E-state index contributed by atoms with van der Waals surface area (Å²) in [5.74, 6) is -0.630. The molecule has 3 rings (SSSR count). The van der Waals surface area contributed by atoms with Crippen LogP contribution in [0.25, 0.3) is 6.08 Å². The first kappa shape index (κ1) is 20.2. The van der Waals surface area contributed by atoms with Crippen molar-refractivity contribution < 1.29 is 18.4 Å². The zero-order valence-electron chi connectivity index (χ0n) is 15.3. The average Bonchev–Trinajstić information content (AvgIpc) is 2.74. The Morgan fingerprint density at radius 1 is 1.07 bits per heavy atom. The number of benzene rings is 2. The number of sulfone groups is 1. The van der Waals surface area contributed by atoms with Gasteiger partial charge in [-0.1, -0.05) is 42.5 Å². The molecule has 3 N–H and O–H groups in total. The monoisotopic (exact) mass is 401 g/mol. The summed E-state index contributed by atoms with van der Waals surface area (Å²) in [6, 6.07) is 15.5. The van der Waals surface area contributed by atoms with Gasteiger partial charge in [0.2, 0.25) is 0 Å². The fourth-order valence-corrected chi connectivity index (χ4v) is 5.14. The summed E-state index contributed by atoms with van der Waals surface area (Å²) in [6.07, 6.45) is 2.74. The van der Waals surface area contributed by atoms with Crippen LogP contribution in [0.15, 0.2) is 65.6 Å². The van der Waals surface area contributed by atoms with E-state index in [4.69, 9.17) is 5.21 Å². The van der Waals surface area contributed by atoms with E-state index in [2.05, 4.69) is 5.32 Å². The lowest BCUT2D eigenvalue weighted by Crippen LogP contribution is -2.47. The van der Waals surface area contributed by atoms with Crippen molar-refractivity contribution in [3.63, 3.8) is 0 Å². The number of hydrogen-bond donors (Lipinski definition) is 3. The van der Waals surface area contributed by atoms with Crippen molar-refractivity contribution in [2.75, 3.05) is 26.2 Å². The largest absolute Gasteiger partial charge is 0.314 e. The number of nitrogens with one attached hydrogen (secondary N) is 2. The molecule has 0 spiro atoms. The first-order chi connectivity index (χ1) is 13.5. The molecule has 148 valence electrons. The normalized spacial score (nSPS) is 16.8. The molecule has 1 aliphatic rings. The molecule has 7 nitrogen and oxygen atoms in total. The van der Waals surface area contributed by atoms with Gasteiger partial charge in [0, 0.05) is 32.3 Å². The summed E-state index contributed by atoms with van der Waals surface area (Å²) in [6.45, 7) is 2.74. The van der Waals surface area contributed by atoms with E-state index in [1.54, 1.807) is 60.7 Å². The van der Waals surface area contributed by atoms with Crippen LogP contribution in [-0.4, -0.2) is 50.6 Å². The zero-order valence-corrected chi connectivity index (χ0v) is 16.1. The second kappa shape index (κ2) is 9.11. The van der Waals surface area contributed by atoms with Gasteiger partial charge in [0.25, 0.3) is 5.91 Å². The molecule has 0 aliphatic carbocycles. The maximum Gasteiger partial charge on any atom is 0.267 e. The molecule has 28 heavy (non-hydrogen) atoms. The van der Waals surface area contributed by atoms with E-state index in [9.17, 15) is 13.2 Å². The minimum absolute atomic E-state index is 0.294. The molecular formula is C20H23N3O4S. The van der Waals surface area contributed by atoms with E-state index < -0.39 is 21.1 Å². The molecule has 1 heterocycles. The average molecular weight is 401 g/mol. The van der Waals surface area contributed by atoms with Crippen LogP contribution in [0, 0.1) is 0 Å². The van der Waals surface area contributed by atoms with Crippen molar-refractivity contribution in [2.24, 2.45) is 0 Å². The van der Waals surface area contributed by atoms with Crippen molar-refractivity contribution in [2.45, 2.75) is 10.3 Å². The molecule has 0 bridgehead atoms. The van der Waals surface area contributed by atoms with E-state index in [0.717, 1.165) is 18.7 Å². The number of rotatable bonds is 6. The molecular weight excluding hydrogens is 378 g/mol. The lowest BCUT2D eigenvalue weighted by molar-refractivity contribution is -0.124. The van der Waals surface area contributed by atoms with Gasteiger partial charge in [-0.05, 0) is 29.3 Å². The first-order valence-corrected chi connectivity index (χ1v) is 10.5. The second-order valence-corrected chi connectivity index (χ2v) is 8.48. The van der Waals surface area contributed by atoms with Crippen molar-refractivity contribution in [3.05, 3.63) is 71.8 Å². The predicted molar refractivity (Wildman–Crippen MR) is 106 cm³/mol. The summed E-state index contributed by atoms with van der Waals surface area (Å²) in [7, 11) is -3.61. The Balaban J connectivity index is 1.95. The van der Waals surface area contributed by atoms with E-state index in [0.29, 0.717) is 23.5 Å². The molecule has 0 radical (unpaired) electrons. The maximum absolute atomic E-state index is 13.4. The molecule has 2 aromatic carbocycles. The third-order valence-corrected chi connectivity index (χ3v) is 6.70. The van der Waals surface area contributed by atoms with Crippen molar-refractivity contribution in [1.82, 2.24) is 15.7 Å². The Morgan fingerprint density at radius 2 is 1.71 bits per heavy atom. The van der Waals surface area contributed by atoms with Gasteiger partial charge >= 0.3 is 0 Å². The molecule has 0 aromatic heterocycles. The fourth-order valence-electron chi connectivity index (χ4n) is 3.22. The van der Waals surface area contributed by atoms with Gasteiger partial charge in [-0.3, -0.25) is 14.9 Å². The van der Waals surface area contributed by atoms with Crippen LogP contribution in [0.3, 0.4) is 0 Å². The highest BCUT2D eigenvalue weighted by molar-refractivity contribution is 7.91. The zero-order chi connectivity index (χ0) is 20.0. The van der Waals surface area contributed by atoms with Crippen molar-refractivity contribution >= 4 is 21.8 Å². The number of amides is 1. The highest BCUT2D eigenvalue weighted by Crippen LogP contribution is 2.32. The minimum atomic E-state index is -3.61. The first-order valence-electron chi connectivity index (χ1n) is 8.98. The highest BCUT2D eigenvalue weighted by Gasteiger charge is 2.34. The van der Waals surface area contributed by atoms with E-state index in [-0.39, 0.29) is 0 Å². The van der Waals surface area contributed by atoms with Crippen LogP contribution >= 0.6 is 0 Å². The van der Waals surface area contributed by atoms with Crippen LogP contribution in [0.4, 0.5) is 0 Å². The van der Waals surface area contributed by atoms with Crippen LogP contribution < -0.4 is 10.8 Å².